The second-order valence-corrected chi connectivity index (χ2v) is 2.60. The summed E-state index contributed by atoms with van der Waals surface area (Å²) in [7, 11) is 1.38. The first-order valence-corrected chi connectivity index (χ1v) is 5.20. The highest BCUT2D eigenvalue weighted by atomic mass is 16.5. The Morgan fingerprint density at radius 1 is 1.40 bits per heavy atom. The number of anilines is 1. The molecule has 0 aliphatic heterocycles. The fraction of sp³-hybridized carbons (Fsp3) is 0.417. The second-order valence-electron chi connectivity index (χ2n) is 2.60. The maximum atomic E-state index is 11.1. The summed E-state index contributed by atoms with van der Waals surface area (Å²) in [6, 6.07) is 7.24. The molecule has 0 saturated heterocycles. The molecule has 84 valence electrons. The lowest BCUT2D eigenvalue weighted by molar-refractivity contribution is 0.0601. The predicted octanol–water partition coefficient (Wildman–Crippen LogP) is 2.93. The van der Waals surface area contributed by atoms with E-state index in [4.69, 9.17) is 0 Å². The molecule has 15 heavy (non-hydrogen) atoms. The molecule has 0 radical (unpaired) electrons. The van der Waals surface area contributed by atoms with Gasteiger partial charge in [-0.15, -0.1) is 0 Å². The Hall–Kier alpha value is -1.51. The molecule has 0 unspecified atom stereocenters. The molecule has 1 rings (SSSR count). The Morgan fingerprint density at radius 2 is 2.07 bits per heavy atom. The van der Waals surface area contributed by atoms with Crippen molar-refractivity contribution in [1.82, 2.24) is 0 Å². The van der Waals surface area contributed by atoms with E-state index in [1.165, 1.54) is 7.11 Å². The lowest BCUT2D eigenvalue weighted by atomic mass is 10.2. The van der Waals surface area contributed by atoms with Gasteiger partial charge in [0, 0.05) is 12.2 Å². The van der Waals surface area contributed by atoms with Crippen LogP contribution in [0, 0.1) is 0 Å². The van der Waals surface area contributed by atoms with Crippen molar-refractivity contribution in [2.75, 3.05) is 19.0 Å². The van der Waals surface area contributed by atoms with Crippen LogP contribution in [0.15, 0.2) is 24.3 Å². The summed E-state index contributed by atoms with van der Waals surface area (Å²) < 4.78 is 4.60. The molecule has 0 amide bonds. The van der Waals surface area contributed by atoms with E-state index < -0.39 is 0 Å². The maximum Gasteiger partial charge on any atom is 0.337 e. The number of carbonyl (C=O) groups is 1. The number of nitrogens with one attached hydrogen (secondary N) is 1. The smallest absolute Gasteiger partial charge is 0.337 e. The predicted molar refractivity (Wildman–Crippen MR) is 63.3 cm³/mol. The van der Waals surface area contributed by atoms with Gasteiger partial charge in [0.15, 0.2) is 0 Å². The van der Waals surface area contributed by atoms with Crippen LogP contribution in [-0.2, 0) is 4.74 Å². The van der Waals surface area contributed by atoms with Gasteiger partial charge in [0.2, 0.25) is 0 Å². The molecule has 1 aromatic carbocycles. The summed E-state index contributed by atoms with van der Waals surface area (Å²) in [6.45, 7) is 6.84. The van der Waals surface area contributed by atoms with Gasteiger partial charge in [-0.25, -0.2) is 4.79 Å². The number of rotatable bonds is 3. The molecule has 0 aromatic heterocycles. The second kappa shape index (κ2) is 7.85. The fourth-order valence-electron chi connectivity index (χ4n) is 1.08. The van der Waals surface area contributed by atoms with Crippen LogP contribution in [0.3, 0.4) is 0 Å². The number of ether oxygens (including phenoxy) is 1. The average molecular weight is 209 g/mol. The molecule has 0 bridgehead atoms. The number of benzene rings is 1. The Kier molecular flexibility index (Phi) is 7.06. The molecule has 0 saturated carbocycles. The summed E-state index contributed by atoms with van der Waals surface area (Å²) in [5.41, 5.74) is 1.51. The number of hydrogen-bond donors (Lipinski definition) is 1. The van der Waals surface area contributed by atoms with Gasteiger partial charge in [0.1, 0.15) is 0 Å². The topological polar surface area (TPSA) is 38.3 Å². The third-order valence-corrected chi connectivity index (χ3v) is 1.66. The molecule has 0 atom stereocenters. The van der Waals surface area contributed by atoms with E-state index in [1.54, 1.807) is 12.1 Å². The van der Waals surface area contributed by atoms with Gasteiger partial charge in [0.05, 0.1) is 12.7 Å². The first-order chi connectivity index (χ1) is 7.27. The molecule has 0 heterocycles. The highest BCUT2D eigenvalue weighted by Crippen LogP contribution is 2.10. The molecule has 3 nitrogen and oxygen atoms in total. The average Bonchev–Trinajstić information content (AvgIpc) is 2.31. The molecule has 0 aliphatic rings. The molecule has 1 aromatic rings. The molecule has 3 heteroatoms. The van der Waals surface area contributed by atoms with Gasteiger partial charge < -0.3 is 10.1 Å². The highest BCUT2D eigenvalue weighted by molar-refractivity contribution is 5.90. The quantitative estimate of drug-likeness (QED) is 0.778. The largest absolute Gasteiger partial charge is 0.465 e. The van der Waals surface area contributed by atoms with E-state index in [9.17, 15) is 4.79 Å². The van der Waals surface area contributed by atoms with Crippen LogP contribution in [0.5, 0.6) is 0 Å². The van der Waals surface area contributed by atoms with E-state index in [0.29, 0.717) is 5.56 Å². The van der Waals surface area contributed by atoms with Crippen molar-refractivity contribution >= 4 is 11.7 Å². The van der Waals surface area contributed by atoms with Gasteiger partial charge in [-0.05, 0) is 25.1 Å². The van der Waals surface area contributed by atoms with Crippen molar-refractivity contribution in [3.63, 3.8) is 0 Å². The SMILES string of the molecule is CC.CCNc1cccc(C(=O)OC)c1. The van der Waals surface area contributed by atoms with Crippen LogP contribution in [-0.4, -0.2) is 19.6 Å². The molecular formula is C12H19NO2. The van der Waals surface area contributed by atoms with Crippen LogP contribution < -0.4 is 5.32 Å². The van der Waals surface area contributed by atoms with Gasteiger partial charge in [-0.1, -0.05) is 19.9 Å². The number of methoxy groups -OCH3 is 1. The van der Waals surface area contributed by atoms with Crippen LogP contribution in [0.4, 0.5) is 5.69 Å². The number of carbonyl (C=O) groups excluding carboxylic acids is 1. The molecule has 0 spiro atoms. The summed E-state index contributed by atoms with van der Waals surface area (Å²) in [5, 5.41) is 3.12. The van der Waals surface area contributed by atoms with Crippen molar-refractivity contribution < 1.29 is 9.53 Å². The van der Waals surface area contributed by atoms with E-state index in [0.717, 1.165) is 12.2 Å². The minimum Gasteiger partial charge on any atom is -0.465 e. The number of esters is 1. The lowest BCUT2D eigenvalue weighted by Crippen LogP contribution is -2.03. The van der Waals surface area contributed by atoms with Gasteiger partial charge in [0.25, 0.3) is 0 Å². The maximum absolute atomic E-state index is 11.1. The monoisotopic (exact) mass is 209 g/mol. The van der Waals surface area contributed by atoms with Gasteiger partial charge in [-0.3, -0.25) is 0 Å². The Labute approximate surface area is 91.5 Å². The minimum atomic E-state index is -0.306. The molecule has 0 aliphatic carbocycles. The Balaban J connectivity index is 0.000000921. The zero-order chi connectivity index (χ0) is 11.7. The standard InChI is InChI=1S/C10H13NO2.C2H6/c1-3-11-9-6-4-5-8(7-9)10(12)13-2;1-2/h4-7,11H,3H2,1-2H3;1-2H3. The van der Waals surface area contributed by atoms with Crippen LogP contribution >= 0.6 is 0 Å². The third-order valence-electron chi connectivity index (χ3n) is 1.66. The first-order valence-electron chi connectivity index (χ1n) is 5.20. The van der Waals surface area contributed by atoms with Crippen LogP contribution in [0.2, 0.25) is 0 Å². The zero-order valence-electron chi connectivity index (χ0n) is 9.83. The highest BCUT2D eigenvalue weighted by Gasteiger charge is 2.04. The van der Waals surface area contributed by atoms with Crippen LogP contribution in [0.1, 0.15) is 31.1 Å². The van der Waals surface area contributed by atoms with Crippen molar-refractivity contribution in [3.8, 4) is 0 Å². The third kappa shape index (κ3) is 4.49. The lowest BCUT2D eigenvalue weighted by Gasteiger charge is -2.04. The molecule has 1 N–H and O–H groups in total. The number of hydrogen-bond acceptors (Lipinski definition) is 3. The summed E-state index contributed by atoms with van der Waals surface area (Å²) in [6.07, 6.45) is 0. The summed E-state index contributed by atoms with van der Waals surface area (Å²) in [5.74, 6) is -0.306. The van der Waals surface area contributed by atoms with E-state index in [2.05, 4.69) is 10.1 Å². The van der Waals surface area contributed by atoms with Crippen molar-refractivity contribution in [2.45, 2.75) is 20.8 Å². The van der Waals surface area contributed by atoms with Crippen molar-refractivity contribution in [3.05, 3.63) is 29.8 Å². The van der Waals surface area contributed by atoms with Gasteiger partial charge >= 0.3 is 5.97 Å². The fourth-order valence-corrected chi connectivity index (χ4v) is 1.08. The van der Waals surface area contributed by atoms with Crippen molar-refractivity contribution in [1.29, 1.82) is 0 Å². The van der Waals surface area contributed by atoms with E-state index in [1.807, 2.05) is 32.9 Å². The van der Waals surface area contributed by atoms with Gasteiger partial charge in [-0.2, -0.15) is 0 Å². The normalized spacial score (nSPS) is 8.53. The minimum absolute atomic E-state index is 0.306. The molecule has 0 fully saturated rings. The summed E-state index contributed by atoms with van der Waals surface area (Å²) in [4.78, 5) is 11.1. The first kappa shape index (κ1) is 13.5. The zero-order valence-corrected chi connectivity index (χ0v) is 9.83. The molecular weight excluding hydrogens is 190 g/mol. The van der Waals surface area contributed by atoms with Crippen LogP contribution in [0.25, 0.3) is 0 Å². The Bertz CT molecular complexity index is 297. The summed E-state index contributed by atoms with van der Waals surface area (Å²) >= 11 is 0. The Morgan fingerprint density at radius 3 is 2.60 bits per heavy atom. The van der Waals surface area contributed by atoms with E-state index in [-0.39, 0.29) is 5.97 Å². The van der Waals surface area contributed by atoms with E-state index >= 15 is 0 Å². The van der Waals surface area contributed by atoms with Crippen molar-refractivity contribution in [2.24, 2.45) is 0 Å².